The van der Waals surface area contributed by atoms with Gasteiger partial charge in [0.25, 0.3) is 0 Å². The van der Waals surface area contributed by atoms with Crippen LogP contribution < -0.4 is 5.32 Å². The Morgan fingerprint density at radius 3 is 2.22 bits per heavy atom. The molecule has 0 aromatic heterocycles. The number of unbranched alkanes of at least 4 members (excludes halogenated alkanes) is 1. The normalized spacial score (nSPS) is 17.9. The van der Waals surface area contributed by atoms with Gasteiger partial charge in [-0.1, -0.05) is 91.0 Å². The van der Waals surface area contributed by atoms with Crippen LogP contribution in [0.3, 0.4) is 0 Å². The molecular weight excluding hydrogens is 586 g/mol. The fraction of sp³-hybridized carbons (Fsp3) is 0.297. The lowest BCUT2D eigenvalue weighted by molar-refractivity contribution is -0.245. The Labute approximate surface area is 268 Å². The molecular formula is C37H39NO6S. The van der Waals surface area contributed by atoms with Crippen molar-refractivity contribution in [1.82, 2.24) is 5.32 Å². The summed E-state index contributed by atoms with van der Waals surface area (Å²) in [4.78, 5) is 24.2. The van der Waals surface area contributed by atoms with Crippen molar-refractivity contribution in [2.24, 2.45) is 0 Å². The second-order valence-electron chi connectivity index (χ2n) is 11.1. The third kappa shape index (κ3) is 9.52. The molecule has 4 aromatic carbocycles. The van der Waals surface area contributed by atoms with Crippen LogP contribution in [-0.4, -0.2) is 33.9 Å². The highest BCUT2D eigenvalue weighted by atomic mass is 32.2. The van der Waals surface area contributed by atoms with Crippen LogP contribution in [-0.2, 0) is 32.2 Å². The highest BCUT2D eigenvalue weighted by Gasteiger charge is 2.32. The van der Waals surface area contributed by atoms with Crippen LogP contribution in [0.4, 0.5) is 0 Å². The quantitative estimate of drug-likeness (QED) is 0.0988. The molecule has 3 N–H and O–H groups in total. The number of thioether (sulfide) groups is 1. The maximum Gasteiger partial charge on any atom is 0.303 e. The molecule has 0 aliphatic carbocycles. The first-order valence-corrected chi connectivity index (χ1v) is 16.3. The lowest BCUT2D eigenvalue weighted by atomic mass is 9.97. The van der Waals surface area contributed by atoms with Crippen LogP contribution in [0, 0.1) is 0 Å². The molecule has 5 rings (SSSR count). The Bertz CT molecular complexity index is 1530. The van der Waals surface area contributed by atoms with E-state index in [2.05, 4.69) is 29.6 Å². The molecule has 1 amide bonds. The van der Waals surface area contributed by atoms with Crippen molar-refractivity contribution in [3.63, 3.8) is 0 Å². The Morgan fingerprint density at radius 2 is 1.49 bits per heavy atom. The molecule has 234 valence electrons. The molecule has 0 bridgehead atoms. The van der Waals surface area contributed by atoms with Gasteiger partial charge in [0.05, 0.1) is 18.8 Å². The summed E-state index contributed by atoms with van der Waals surface area (Å²) in [7, 11) is 0. The summed E-state index contributed by atoms with van der Waals surface area (Å²) in [6.45, 7) is 0.395. The topological polar surface area (TPSA) is 105 Å². The average Bonchev–Trinajstić information content (AvgIpc) is 3.09. The number of aliphatic carboxylic acids is 1. The van der Waals surface area contributed by atoms with Crippen molar-refractivity contribution in [2.75, 3.05) is 5.75 Å². The number of aliphatic hydroxyl groups is 1. The number of hydrogen-bond acceptors (Lipinski definition) is 6. The Balaban J connectivity index is 1.27. The third-order valence-corrected chi connectivity index (χ3v) is 8.97. The molecule has 7 nitrogen and oxygen atoms in total. The van der Waals surface area contributed by atoms with E-state index in [1.54, 1.807) is 11.8 Å². The summed E-state index contributed by atoms with van der Waals surface area (Å²) in [5, 5.41) is 21.3. The van der Waals surface area contributed by atoms with Gasteiger partial charge in [0.1, 0.15) is 0 Å². The minimum Gasteiger partial charge on any atom is -0.481 e. The van der Waals surface area contributed by atoms with E-state index in [1.165, 1.54) is 4.90 Å². The van der Waals surface area contributed by atoms with Crippen LogP contribution >= 0.6 is 11.8 Å². The van der Waals surface area contributed by atoms with Crippen LogP contribution in [0.5, 0.6) is 0 Å². The van der Waals surface area contributed by atoms with Gasteiger partial charge < -0.3 is 25.0 Å². The first-order chi connectivity index (χ1) is 22.0. The summed E-state index contributed by atoms with van der Waals surface area (Å²) in [6, 6.07) is 34.4. The van der Waals surface area contributed by atoms with Gasteiger partial charge in [0.2, 0.25) is 5.91 Å². The zero-order valence-corrected chi connectivity index (χ0v) is 26.0. The molecule has 0 unspecified atom stereocenters. The third-order valence-electron chi connectivity index (χ3n) is 7.83. The number of nitrogens with one attached hydrogen (secondary N) is 1. The summed E-state index contributed by atoms with van der Waals surface area (Å²) >= 11 is 1.77. The van der Waals surface area contributed by atoms with Crippen LogP contribution in [0.15, 0.2) is 108 Å². The monoisotopic (exact) mass is 625 g/mol. The van der Waals surface area contributed by atoms with Crippen molar-refractivity contribution in [2.45, 2.75) is 68.6 Å². The molecule has 1 aliphatic rings. The first-order valence-electron chi connectivity index (χ1n) is 15.3. The van der Waals surface area contributed by atoms with Gasteiger partial charge in [-0.15, -0.1) is 11.8 Å². The van der Waals surface area contributed by atoms with E-state index in [4.69, 9.17) is 14.6 Å². The number of ether oxygens (including phenoxy) is 2. The molecule has 0 radical (unpaired) electrons. The molecule has 0 saturated carbocycles. The minimum atomic E-state index is -0.841. The second-order valence-corrected chi connectivity index (χ2v) is 12.2. The fourth-order valence-corrected chi connectivity index (χ4v) is 6.29. The minimum absolute atomic E-state index is 0.00429. The Morgan fingerprint density at radius 1 is 0.800 bits per heavy atom. The zero-order chi connectivity index (χ0) is 31.4. The van der Waals surface area contributed by atoms with E-state index in [9.17, 15) is 14.7 Å². The van der Waals surface area contributed by atoms with Gasteiger partial charge in [0, 0.05) is 42.0 Å². The number of amides is 1. The average molecular weight is 626 g/mol. The van der Waals surface area contributed by atoms with Gasteiger partial charge >= 0.3 is 5.97 Å². The number of carboxylic acids is 1. The molecule has 1 heterocycles. The van der Waals surface area contributed by atoms with Gasteiger partial charge in [-0.2, -0.15) is 0 Å². The SMILES string of the molecule is O=C(O)CCCCC(=O)NCc1ccccc1-c1ccc([C@H]2O[C@@H](CSc3ccccc3)C[C@@H](c3ccc(CO)cc3)O2)cc1. The predicted molar refractivity (Wildman–Crippen MR) is 175 cm³/mol. The molecule has 45 heavy (non-hydrogen) atoms. The number of rotatable bonds is 14. The van der Waals surface area contributed by atoms with E-state index < -0.39 is 12.3 Å². The van der Waals surface area contributed by atoms with Gasteiger partial charge in [0.15, 0.2) is 6.29 Å². The van der Waals surface area contributed by atoms with Gasteiger partial charge in [-0.05, 0) is 52.8 Å². The van der Waals surface area contributed by atoms with Gasteiger partial charge in [-0.25, -0.2) is 0 Å². The Hall–Kier alpha value is -3.95. The summed E-state index contributed by atoms with van der Waals surface area (Å²) in [5.41, 5.74) is 5.90. The summed E-state index contributed by atoms with van der Waals surface area (Å²) in [5.74, 6) is -0.129. The van der Waals surface area contributed by atoms with Crippen molar-refractivity contribution in [3.8, 4) is 11.1 Å². The number of carbonyl (C=O) groups is 2. The van der Waals surface area contributed by atoms with Crippen LogP contribution in [0.2, 0.25) is 0 Å². The number of carboxylic acid groups (broad SMARTS) is 1. The number of hydrogen-bond donors (Lipinski definition) is 3. The molecule has 1 aliphatic heterocycles. The highest BCUT2D eigenvalue weighted by molar-refractivity contribution is 7.99. The van der Waals surface area contributed by atoms with Crippen LogP contribution in [0.25, 0.3) is 11.1 Å². The molecule has 1 saturated heterocycles. The van der Waals surface area contributed by atoms with E-state index >= 15 is 0 Å². The lowest BCUT2D eigenvalue weighted by Gasteiger charge is -2.36. The van der Waals surface area contributed by atoms with Crippen LogP contribution in [0.1, 0.15) is 66.8 Å². The van der Waals surface area contributed by atoms with Crippen molar-refractivity contribution >= 4 is 23.6 Å². The molecule has 1 fully saturated rings. The van der Waals surface area contributed by atoms with E-state index in [-0.39, 0.29) is 31.1 Å². The maximum atomic E-state index is 12.3. The lowest BCUT2D eigenvalue weighted by Crippen LogP contribution is -2.31. The fourth-order valence-electron chi connectivity index (χ4n) is 5.35. The first kappa shape index (κ1) is 32.4. The van der Waals surface area contributed by atoms with Crippen molar-refractivity contribution in [3.05, 3.63) is 125 Å². The molecule has 0 spiro atoms. The second kappa shape index (κ2) is 16.4. The van der Waals surface area contributed by atoms with Crippen molar-refractivity contribution < 1.29 is 29.3 Å². The maximum absolute atomic E-state index is 12.3. The molecule has 8 heteroatoms. The van der Waals surface area contributed by atoms with E-state index in [1.807, 2.05) is 78.9 Å². The van der Waals surface area contributed by atoms with Gasteiger partial charge in [-0.3, -0.25) is 9.59 Å². The standard InChI is InChI=1S/C37H39NO6S/c39-24-26-14-16-28(17-15-26)34-22-31(25-45-32-9-2-1-3-10-32)43-37(44-34)29-20-18-27(19-21-29)33-11-5-4-8-30(33)23-38-35(40)12-6-7-13-36(41)42/h1-5,8-11,14-21,31,34,37,39H,6-7,12-13,22-25H2,(H,38,40)(H,41,42)/t31-,34+,37+/m1/s1. The largest absolute Gasteiger partial charge is 0.481 e. The van der Waals surface area contributed by atoms with Crippen molar-refractivity contribution in [1.29, 1.82) is 0 Å². The number of carbonyl (C=O) groups excluding carboxylic acids is 1. The van der Waals surface area contributed by atoms with E-state index in [0.29, 0.717) is 25.8 Å². The van der Waals surface area contributed by atoms with E-state index in [0.717, 1.165) is 45.6 Å². The Kier molecular flexibility index (Phi) is 11.8. The summed E-state index contributed by atoms with van der Waals surface area (Å²) in [6.07, 6.45) is 1.45. The smallest absolute Gasteiger partial charge is 0.303 e. The number of aliphatic hydroxyl groups excluding tert-OH is 1. The predicted octanol–water partition coefficient (Wildman–Crippen LogP) is 7.44. The summed E-state index contributed by atoms with van der Waals surface area (Å²) < 4.78 is 13.0. The molecule has 4 aromatic rings. The molecule has 3 atom stereocenters. The zero-order valence-electron chi connectivity index (χ0n) is 25.1. The highest BCUT2D eigenvalue weighted by Crippen LogP contribution is 2.40. The number of benzene rings is 4.